The topological polar surface area (TPSA) is 58.4 Å². The van der Waals surface area contributed by atoms with Crippen molar-refractivity contribution in [2.24, 2.45) is 11.7 Å². The maximum atomic E-state index is 11.4. The zero-order chi connectivity index (χ0) is 12.3. The highest BCUT2D eigenvalue weighted by Crippen LogP contribution is 2.24. The van der Waals surface area contributed by atoms with Gasteiger partial charge in [0.15, 0.2) is 0 Å². The quantitative estimate of drug-likeness (QED) is 0.738. The molecule has 1 aliphatic heterocycles. The van der Waals surface area contributed by atoms with Crippen LogP contribution in [0.4, 0.5) is 0 Å². The Bertz CT molecular complexity index is 257. The van der Waals surface area contributed by atoms with Crippen LogP contribution in [0.25, 0.3) is 0 Å². The van der Waals surface area contributed by atoms with E-state index in [1.807, 2.05) is 6.92 Å². The van der Waals surface area contributed by atoms with Crippen LogP contribution in [0.15, 0.2) is 0 Å². The molecule has 1 heterocycles. The van der Waals surface area contributed by atoms with Gasteiger partial charge in [0.05, 0.1) is 0 Å². The van der Waals surface area contributed by atoms with Gasteiger partial charge in [-0.3, -0.25) is 9.69 Å². The number of rotatable bonds is 4. The number of nitrogens with zero attached hydrogens (tertiary/aromatic N) is 1. The summed E-state index contributed by atoms with van der Waals surface area (Å²) in [7, 11) is 1.79. The zero-order valence-electron chi connectivity index (χ0n) is 10.9. The van der Waals surface area contributed by atoms with Crippen molar-refractivity contribution < 1.29 is 4.79 Å². The van der Waals surface area contributed by atoms with Gasteiger partial charge in [-0.05, 0) is 46.2 Å². The molecule has 0 aromatic carbocycles. The standard InChI is InChI=1S/C12H25N3O/c1-9-6-5-7-15(10(9)2)8-12(3,14-4)11(13)16/h9-10,14H,5-8H2,1-4H3,(H2,13,16). The van der Waals surface area contributed by atoms with E-state index in [2.05, 4.69) is 24.1 Å². The summed E-state index contributed by atoms with van der Waals surface area (Å²) in [6.07, 6.45) is 2.49. The van der Waals surface area contributed by atoms with Gasteiger partial charge in [0.1, 0.15) is 5.54 Å². The number of nitrogens with one attached hydrogen (secondary N) is 1. The normalized spacial score (nSPS) is 31.0. The first kappa shape index (κ1) is 13.5. The van der Waals surface area contributed by atoms with Gasteiger partial charge in [-0.15, -0.1) is 0 Å². The van der Waals surface area contributed by atoms with Crippen LogP contribution in [0.1, 0.15) is 33.6 Å². The molecule has 3 unspecified atom stereocenters. The first-order valence-electron chi connectivity index (χ1n) is 6.13. The Kier molecular flexibility index (Phi) is 4.33. The minimum Gasteiger partial charge on any atom is -0.368 e. The molecule has 94 valence electrons. The van der Waals surface area contributed by atoms with Crippen LogP contribution in [0.5, 0.6) is 0 Å². The second-order valence-corrected chi connectivity index (χ2v) is 5.28. The lowest BCUT2D eigenvalue weighted by atomic mass is 9.90. The summed E-state index contributed by atoms with van der Waals surface area (Å²) in [5.41, 5.74) is 4.83. The van der Waals surface area contributed by atoms with Gasteiger partial charge in [0, 0.05) is 12.6 Å². The molecule has 1 amide bonds. The lowest BCUT2D eigenvalue weighted by Gasteiger charge is -2.42. The molecule has 3 N–H and O–H groups in total. The molecule has 4 nitrogen and oxygen atoms in total. The fraction of sp³-hybridized carbons (Fsp3) is 0.917. The van der Waals surface area contributed by atoms with Gasteiger partial charge >= 0.3 is 0 Å². The van der Waals surface area contributed by atoms with Crippen molar-refractivity contribution in [2.75, 3.05) is 20.1 Å². The third-order valence-corrected chi connectivity index (χ3v) is 4.12. The molecule has 16 heavy (non-hydrogen) atoms. The molecule has 1 fully saturated rings. The van der Waals surface area contributed by atoms with Crippen LogP contribution in [-0.2, 0) is 4.79 Å². The predicted octanol–water partition coefficient (Wildman–Crippen LogP) is 0.570. The maximum absolute atomic E-state index is 11.4. The van der Waals surface area contributed by atoms with E-state index in [9.17, 15) is 4.79 Å². The van der Waals surface area contributed by atoms with Crippen LogP contribution in [-0.4, -0.2) is 42.5 Å². The number of amides is 1. The molecule has 0 aliphatic carbocycles. The number of piperidine rings is 1. The van der Waals surface area contributed by atoms with Crippen molar-refractivity contribution in [3.63, 3.8) is 0 Å². The van der Waals surface area contributed by atoms with E-state index >= 15 is 0 Å². The predicted molar refractivity (Wildman–Crippen MR) is 66.1 cm³/mol. The zero-order valence-corrected chi connectivity index (χ0v) is 10.9. The number of carbonyl (C=O) groups excluding carboxylic acids is 1. The molecular weight excluding hydrogens is 202 g/mol. The summed E-state index contributed by atoms with van der Waals surface area (Å²) in [5, 5.41) is 3.04. The van der Waals surface area contributed by atoms with E-state index in [0.29, 0.717) is 18.5 Å². The summed E-state index contributed by atoms with van der Waals surface area (Å²) in [4.78, 5) is 13.8. The van der Waals surface area contributed by atoms with E-state index in [1.165, 1.54) is 12.8 Å². The van der Waals surface area contributed by atoms with Gasteiger partial charge in [-0.2, -0.15) is 0 Å². The molecule has 0 radical (unpaired) electrons. The monoisotopic (exact) mass is 227 g/mol. The minimum atomic E-state index is -0.620. The Hall–Kier alpha value is -0.610. The van der Waals surface area contributed by atoms with Gasteiger partial charge in [0.25, 0.3) is 0 Å². The van der Waals surface area contributed by atoms with E-state index < -0.39 is 5.54 Å². The van der Waals surface area contributed by atoms with Gasteiger partial charge in [-0.1, -0.05) is 6.92 Å². The smallest absolute Gasteiger partial charge is 0.238 e. The van der Waals surface area contributed by atoms with E-state index in [4.69, 9.17) is 5.73 Å². The fourth-order valence-electron chi connectivity index (χ4n) is 2.33. The molecule has 1 saturated heterocycles. The second kappa shape index (κ2) is 5.15. The molecular formula is C12H25N3O. The second-order valence-electron chi connectivity index (χ2n) is 5.28. The number of hydrogen-bond donors (Lipinski definition) is 2. The Morgan fingerprint density at radius 1 is 1.56 bits per heavy atom. The van der Waals surface area contributed by atoms with Crippen molar-refractivity contribution in [1.29, 1.82) is 0 Å². The van der Waals surface area contributed by atoms with Gasteiger partial charge in [-0.25, -0.2) is 0 Å². The fourth-order valence-corrected chi connectivity index (χ4v) is 2.33. The third-order valence-electron chi connectivity index (χ3n) is 4.12. The maximum Gasteiger partial charge on any atom is 0.238 e. The highest BCUT2D eigenvalue weighted by Gasteiger charge is 2.35. The number of hydrogen-bond acceptors (Lipinski definition) is 3. The van der Waals surface area contributed by atoms with Crippen molar-refractivity contribution in [3.05, 3.63) is 0 Å². The highest BCUT2D eigenvalue weighted by atomic mass is 16.1. The molecule has 1 aliphatic rings. The summed E-state index contributed by atoms with van der Waals surface area (Å²) in [5.74, 6) is 0.420. The van der Waals surface area contributed by atoms with E-state index in [-0.39, 0.29) is 5.91 Å². The van der Waals surface area contributed by atoms with Crippen LogP contribution >= 0.6 is 0 Å². The Labute approximate surface area is 98.6 Å². The lowest BCUT2D eigenvalue weighted by Crippen LogP contribution is -2.60. The first-order valence-corrected chi connectivity index (χ1v) is 6.13. The van der Waals surface area contributed by atoms with Crippen molar-refractivity contribution in [2.45, 2.75) is 45.2 Å². The number of primary amides is 1. The largest absolute Gasteiger partial charge is 0.368 e. The SMILES string of the molecule is CNC(C)(CN1CCCC(C)C1C)C(N)=O. The summed E-state index contributed by atoms with van der Waals surface area (Å²) in [6, 6.07) is 0.528. The van der Waals surface area contributed by atoms with Crippen LogP contribution in [0.3, 0.4) is 0 Å². The van der Waals surface area contributed by atoms with E-state index in [1.54, 1.807) is 7.05 Å². The Balaban J connectivity index is 2.67. The first-order chi connectivity index (χ1) is 7.40. The number of carbonyl (C=O) groups is 1. The van der Waals surface area contributed by atoms with Crippen molar-refractivity contribution >= 4 is 5.91 Å². The Morgan fingerprint density at radius 3 is 2.69 bits per heavy atom. The minimum absolute atomic E-state index is 0.277. The lowest BCUT2D eigenvalue weighted by molar-refractivity contribution is -0.124. The molecule has 0 aromatic rings. The Morgan fingerprint density at radius 2 is 2.19 bits per heavy atom. The molecule has 0 spiro atoms. The van der Waals surface area contributed by atoms with Crippen LogP contribution in [0, 0.1) is 5.92 Å². The highest BCUT2D eigenvalue weighted by molar-refractivity contribution is 5.84. The van der Waals surface area contributed by atoms with Crippen LogP contribution < -0.4 is 11.1 Å². The molecule has 0 saturated carbocycles. The number of nitrogens with two attached hydrogens (primary N) is 1. The summed E-state index contributed by atoms with van der Waals surface area (Å²) in [6.45, 7) is 8.15. The molecule has 3 atom stereocenters. The molecule has 0 bridgehead atoms. The molecule has 4 heteroatoms. The van der Waals surface area contributed by atoms with Gasteiger partial charge in [0.2, 0.25) is 5.91 Å². The summed E-state index contributed by atoms with van der Waals surface area (Å²) < 4.78 is 0. The average Bonchev–Trinajstić information content (AvgIpc) is 2.24. The van der Waals surface area contributed by atoms with Crippen LogP contribution in [0.2, 0.25) is 0 Å². The third kappa shape index (κ3) is 2.74. The van der Waals surface area contributed by atoms with E-state index in [0.717, 1.165) is 6.54 Å². The molecule has 1 rings (SSSR count). The van der Waals surface area contributed by atoms with Crippen molar-refractivity contribution in [1.82, 2.24) is 10.2 Å². The van der Waals surface area contributed by atoms with Gasteiger partial charge < -0.3 is 11.1 Å². The van der Waals surface area contributed by atoms with Crippen molar-refractivity contribution in [3.8, 4) is 0 Å². The molecule has 0 aromatic heterocycles. The average molecular weight is 227 g/mol. The number of likely N-dealkylation sites (N-methyl/N-ethyl adjacent to an activating group) is 1. The summed E-state index contributed by atoms with van der Waals surface area (Å²) >= 11 is 0. The number of likely N-dealkylation sites (tertiary alicyclic amines) is 1.